The Bertz CT molecular complexity index is 1290. The Kier molecular flexibility index (Phi) is 5.47. The van der Waals surface area contributed by atoms with E-state index in [-0.39, 0.29) is 16.4 Å². The molecule has 3 N–H and O–H groups in total. The third-order valence-electron chi connectivity index (χ3n) is 6.07. The predicted molar refractivity (Wildman–Crippen MR) is 130 cm³/mol. The van der Waals surface area contributed by atoms with Crippen molar-refractivity contribution >= 4 is 35.1 Å². The lowest BCUT2D eigenvalue weighted by Crippen LogP contribution is -2.62. The number of nitrogens with two attached hydrogens (primary N) is 1. The minimum Gasteiger partial charge on any atom is -0.482 e. The summed E-state index contributed by atoms with van der Waals surface area (Å²) >= 11 is 12.4. The molecule has 3 heterocycles. The summed E-state index contributed by atoms with van der Waals surface area (Å²) in [5.74, 6) is 0.877. The molecule has 0 amide bonds. The van der Waals surface area contributed by atoms with Gasteiger partial charge >= 0.3 is 0 Å². The molecule has 1 atom stereocenters. The number of nitrogens with one attached hydrogen (secondary N) is 1. The van der Waals surface area contributed by atoms with E-state index in [0.717, 1.165) is 41.1 Å². The first-order valence-corrected chi connectivity index (χ1v) is 11.3. The lowest BCUT2D eigenvalue weighted by Gasteiger charge is -2.42. The van der Waals surface area contributed by atoms with Crippen LogP contribution >= 0.6 is 23.2 Å². The maximum absolute atomic E-state index is 14.0. The van der Waals surface area contributed by atoms with Gasteiger partial charge in [0.15, 0.2) is 17.2 Å². The first kappa shape index (κ1) is 22.0. The molecule has 2 aromatic carbocycles. The van der Waals surface area contributed by atoms with Crippen LogP contribution in [0.2, 0.25) is 10.0 Å². The maximum atomic E-state index is 14.0. The normalized spacial score (nSPS) is 16.6. The first-order chi connectivity index (χ1) is 15.8. The molecule has 1 aromatic heterocycles. The SMILES string of the molecule is Cc1cc2c(cc1-c1cnc(N)c(O[C@H](C)c3c(Cl)ccc(F)c3Cl)c1)C=CC1(CNC1)O2. The van der Waals surface area contributed by atoms with Gasteiger partial charge in [0.25, 0.3) is 0 Å². The number of hydrogen-bond acceptors (Lipinski definition) is 5. The van der Waals surface area contributed by atoms with Crippen LogP contribution in [0.3, 0.4) is 0 Å². The maximum Gasteiger partial charge on any atom is 0.166 e. The first-order valence-electron chi connectivity index (χ1n) is 10.6. The molecule has 3 aromatic rings. The van der Waals surface area contributed by atoms with E-state index in [9.17, 15) is 4.39 Å². The summed E-state index contributed by atoms with van der Waals surface area (Å²) in [5, 5.41) is 3.49. The van der Waals surface area contributed by atoms with Gasteiger partial charge in [-0.1, -0.05) is 29.3 Å². The second-order valence-corrected chi connectivity index (χ2v) is 9.22. The number of pyridine rings is 1. The molecule has 0 radical (unpaired) electrons. The topological polar surface area (TPSA) is 69.4 Å². The molecule has 5 rings (SSSR count). The van der Waals surface area contributed by atoms with Crippen molar-refractivity contribution in [3.63, 3.8) is 0 Å². The average Bonchev–Trinajstić information content (AvgIpc) is 2.76. The van der Waals surface area contributed by atoms with Gasteiger partial charge in [-0.3, -0.25) is 0 Å². The van der Waals surface area contributed by atoms with Gasteiger partial charge in [-0.2, -0.15) is 0 Å². The Balaban J connectivity index is 1.47. The number of nitrogens with zero attached hydrogens (tertiary/aromatic N) is 1. The van der Waals surface area contributed by atoms with Crippen molar-refractivity contribution in [1.82, 2.24) is 10.3 Å². The molecule has 8 heteroatoms. The zero-order chi connectivity index (χ0) is 23.3. The van der Waals surface area contributed by atoms with Crippen LogP contribution in [-0.2, 0) is 0 Å². The van der Waals surface area contributed by atoms with Crippen LogP contribution in [0.15, 0.2) is 42.6 Å². The van der Waals surface area contributed by atoms with E-state index < -0.39 is 11.9 Å². The quantitative estimate of drug-likeness (QED) is 0.445. The van der Waals surface area contributed by atoms with Crippen molar-refractivity contribution in [1.29, 1.82) is 0 Å². The van der Waals surface area contributed by atoms with Gasteiger partial charge in [0.2, 0.25) is 0 Å². The highest BCUT2D eigenvalue weighted by Gasteiger charge is 2.39. The molecular formula is C25H22Cl2FN3O2. The lowest BCUT2D eigenvalue weighted by atomic mass is 9.90. The lowest BCUT2D eigenvalue weighted by molar-refractivity contribution is 0.0615. The van der Waals surface area contributed by atoms with Gasteiger partial charge < -0.3 is 20.5 Å². The molecule has 2 aliphatic heterocycles. The van der Waals surface area contributed by atoms with Crippen molar-refractivity contribution in [2.75, 3.05) is 18.8 Å². The summed E-state index contributed by atoms with van der Waals surface area (Å²) in [6, 6.07) is 8.60. The van der Waals surface area contributed by atoms with E-state index in [4.69, 9.17) is 38.4 Å². The number of aromatic nitrogens is 1. The molecule has 0 saturated carbocycles. The molecule has 1 spiro atoms. The minimum absolute atomic E-state index is 0.0746. The number of ether oxygens (including phenoxy) is 2. The fraction of sp³-hybridized carbons (Fsp3) is 0.240. The molecule has 170 valence electrons. The third-order valence-corrected chi connectivity index (χ3v) is 6.78. The largest absolute Gasteiger partial charge is 0.482 e. The molecular weight excluding hydrogens is 464 g/mol. The second kappa shape index (κ2) is 8.20. The Morgan fingerprint density at radius 2 is 2.03 bits per heavy atom. The van der Waals surface area contributed by atoms with E-state index in [0.29, 0.717) is 16.3 Å². The zero-order valence-electron chi connectivity index (χ0n) is 18.1. The van der Waals surface area contributed by atoms with Crippen molar-refractivity contribution in [3.05, 3.63) is 75.2 Å². The number of hydrogen-bond donors (Lipinski definition) is 2. The summed E-state index contributed by atoms with van der Waals surface area (Å²) in [4.78, 5) is 4.32. The highest BCUT2D eigenvalue weighted by atomic mass is 35.5. The van der Waals surface area contributed by atoms with E-state index in [1.165, 1.54) is 12.1 Å². The molecule has 0 aliphatic carbocycles. The number of rotatable bonds is 4. The van der Waals surface area contributed by atoms with E-state index >= 15 is 0 Å². The van der Waals surface area contributed by atoms with Crippen molar-refractivity contribution in [2.24, 2.45) is 0 Å². The van der Waals surface area contributed by atoms with Gasteiger partial charge in [0.05, 0.1) is 5.02 Å². The molecule has 0 bridgehead atoms. The fourth-order valence-corrected chi connectivity index (χ4v) is 4.82. The Morgan fingerprint density at radius 1 is 1.24 bits per heavy atom. The smallest absolute Gasteiger partial charge is 0.166 e. The summed E-state index contributed by atoms with van der Waals surface area (Å²) in [6.07, 6.45) is 5.26. The predicted octanol–water partition coefficient (Wildman–Crippen LogP) is 5.97. The van der Waals surface area contributed by atoms with Gasteiger partial charge in [-0.05, 0) is 61.4 Å². The average molecular weight is 486 g/mol. The van der Waals surface area contributed by atoms with Gasteiger partial charge in [-0.15, -0.1) is 0 Å². The molecule has 33 heavy (non-hydrogen) atoms. The van der Waals surface area contributed by atoms with Crippen LogP contribution in [0.5, 0.6) is 11.5 Å². The van der Waals surface area contributed by atoms with E-state index in [2.05, 4.69) is 28.5 Å². The summed E-state index contributed by atoms with van der Waals surface area (Å²) in [5.41, 5.74) is 10.1. The van der Waals surface area contributed by atoms with Crippen LogP contribution in [0.25, 0.3) is 17.2 Å². The monoisotopic (exact) mass is 485 g/mol. The van der Waals surface area contributed by atoms with Gasteiger partial charge in [-0.25, -0.2) is 9.37 Å². The van der Waals surface area contributed by atoms with Gasteiger partial charge in [0, 0.05) is 41.0 Å². The highest BCUT2D eigenvalue weighted by Crippen LogP contribution is 2.40. The molecule has 0 unspecified atom stereocenters. The highest BCUT2D eigenvalue weighted by molar-refractivity contribution is 6.36. The third kappa shape index (κ3) is 3.92. The summed E-state index contributed by atoms with van der Waals surface area (Å²) in [7, 11) is 0. The second-order valence-electron chi connectivity index (χ2n) is 8.43. The van der Waals surface area contributed by atoms with Crippen LogP contribution in [-0.4, -0.2) is 23.7 Å². The van der Waals surface area contributed by atoms with Crippen LogP contribution in [0.1, 0.15) is 29.7 Å². The number of aryl methyl sites for hydroxylation is 1. The molecule has 2 aliphatic rings. The standard InChI is InChI=1S/C25H22Cl2FN3O2/c1-13-7-20-15(5-6-25(33-20)11-30-12-25)8-17(13)16-9-21(24(29)31-10-16)32-14(2)22-18(26)3-4-19(28)23(22)27/h3-10,14,30H,11-12H2,1-2H3,(H2,29,31)/t14-/m1/s1. The van der Waals surface area contributed by atoms with Crippen molar-refractivity contribution in [2.45, 2.75) is 25.6 Å². The summed E-state index contributed by atoms with van der Waals surface area (Å²) < 4.78 is 26.3. The van der Waals surface area contributed by atoms with Gasteiger partial charge in [0.1, 0.15) is 17.7 Å². The Morgan fingerprint density at radius 3 is 2.76 bits per heavy atom. The van der Waals surface area contributed by atoms with Crippen molar-refractivity contribution < 1.29 is 13.9 Å². The number of anilines is 1. The van der Waals surface area contributed by atoms with Crippen LogP contribution in [0.4, 0.5) is 10.2 Å². The minimum atomic E-state index is -0.645. The Hall–Kier alpha value is -2.80. The zero-order valence-corrected chi connectivity index (χ0v) is 19.6. The van der Waals surface area contributed by atoms with Crippen molar-refractivity contribution in [3.8, 4) is 22.6 Å². The molecule has 5 nitrogen and oxygen atoms in total. The number of benzene rings is 2. The van der Waals surface area contributed by atoms with Crippen LogP contribution < -0.4 is 20.5 Å². The number of nitrogen functional groups attached to an aromatic ring is 1. The number of halogens is 3. The molecule has 1 saturated heterocycles. The molecule has 1 fully saturated rings. The van der Waals surface area contributed by atoms with Crippen LogP contribution in [0, 0.1) is 12.7 Å². The fourth-order valence-electron chi connectivity index (χ4n) is 4.15. The van der Waals surface area contributed by atoms with E-state index in [1.807, 2.05) is 19.1 Å². The summed E-state index contributed by atoms with van der Waals surface area (Å²) in [6.45, 7) is 5.37. The van der Waals surface area contributed by atoms with E-state index in [1.54, 1.807) is 13.1 Å². The Labute approximate surface area is 201 Å². The number of fused-ring (bicyclic) bond motifs is 1.